The number of benzene rings is 1. The normalized spacial score (nSPS) is 24.7. The van der Waals surface area contributed by atoms with Crippen LogP contribution in [0.3, 0.4) is 0 Å². The van der Waals surface area contributed by atoms with E-state index in [0.717, 1.165) is 10.6 Å². The van der Waals surface area contributed by atoms with E-state index in [1.54, 1.807) is 7.11 Å². The number of thioether (sulfide) groups is 1. The van der Waals surface area contributed by atoms with Crippen molar-refractivity contribution in [2.45, 2.75) is 22.6 Å². The van der Waals surface area contributed by atoms with Crippen molar-refractivity contribution < 1.29 is 24.5 Å². The number of aliphatic carboxylic acids is 2. The maximum atomic E-state index is 11.2. The molecule has 3 atom stereocenters. The fourth-order valence-corrected chi connectivity index (χ4v) is 3.69. The lowest BCUT2D eigenvalue weighted by atomic mass is 9.96. The van der Waals surface area contributed by atoms with Gasteiger partial charge in [-0.2, -0.15) is 0 Å². The SMILES string of the molecule is COc1ccc(SC2CNC(C(=O)O)C2CC(=O)O)cc1. The lowest BCUT2D eigenvalue weighted by Crippen LogP contribution is -2.37. The molecule has 7 heteroatoms. The van der Waals surface area contributed by atoms with Crippen LogP contribution < -0.4 is 10.1 Å². The number of methoxy groups -OCH3 is 1. The molecule has 2 rings (SSSR count). The van der Waals surface area contributed by atoms with E-state index in [0.29, 0.717) is 6.54 Å². The van der Waals surface area contributed by atoms with E-state index < -0.39 is 23.9 Å². The van der Waals surface area contributed by atoms with Gasteiger partial charge in [0.1, 0.15) is 11.8 Å². The number of carboxylic acids is 2. The fraction of sp³-hybridized carbons (Fsp3) is 0.429. The largest absolute Gasteiger partial charge is 0.497 e. The van der Waals surface area contributed by atoms with Gasteiger partial charge in [-0.15, -0.1) is 11.8 Å². The molecule has 0 saturated carbocycles. The third kappa shape index (κ3) is 3.89. The highest BCUT2D eigenvalue weighted by molar-refractivity contribution is 8.00. The Kier molecular flexibility index (Phi) is 5.08. The van der Waals surface area contributed by atoms with Crippen LogP contribution in [-0.4, -0.2) is 47.1 Å². The van der Waals surface area contributed by atoms with Crippen LogP contribution in [0.15, 0.2) is 29.2 Å². The van der Waals surface area contributed by atoms with Gasteiger partial charge in [-0.1, -0.05) is 0 Å². The summed E-state index contributed by atoms with van der Waals surface area (Å²) in [6.45, 7) is 0.478. The molecule has 1 saturated heterocycles. The third-order valence-electron chi connectivity index (χ3n) is 3.47. The highest BCUT2D eigenvalue weighted by Gasteiger charge is 2.41. The number of hydrogen-bond donors (Lipinski definition) is 3. The number of hydrogen-bond acceptors (Lipinski definition) is 5. The Morgan fingerprint density at radius 2 is 2.00 bits per heavy atom. The molecule has 1 aromatic rings. The number of rotatable bonds is 6. The average Bonchev–Trinajstić information content (AvgIpc) is 2.82. The van der Waals surface area contributed by atoms with E-state index in [9.17, 15) is 9.59 Å². The van der Waals surface area contributed by atoms with Gasteiger partial charge in [-0.3, -0.25) is 9.59 Å². The van der Waals surface area contributed by atoms with Gasteiger partial charge < -0.3 is 20.3 Å². The van der Waals surface area contributed by atoms with Crippen molar-refractivity contribution in [1.82, 2.24) is 5.32 Å². The molecular formula is C14H17NO5S. The van der Waals surface area contributed by atoms with Gasteiger partial charge in [0, 0.05) is 22.6 Å². The highest BCUT2D eigenvalue weighted by Crippen LogP contribution is 2.35. The van der Waals surface area contributed by atoms with E-state index in [1.807, 2.05) is 24.3 Å². The van der Waals surface area contributed by atoms with Crippen LogP contribution >= 0.6 is 11.8 Å². The Bertz CT molecular complexity index is 519. The molecule has 21 heavy (non-hydrogen) atoms. The molecule has 0 amide bonds. The summed E-state index contributed by atoms with van der Waals surface area (Å²) in [7, 11) is 1.59. The number of carbonyl (C=O) groups is 2. The topological polar surface area (TPSA) is 95.9 Å². The zero-order valence-electron chi connectivity index (χ0n) is 11.5. The number of carboxylic acid groups (broad SMARTS) is 2. The first-order valence-electron chi connectivity index (χ1n) is 6.50. The minimum absolute atomic E-state index is 0.0874. The van der Waals surface area contributed by atoms with Gasteiger partial charge in [0.15, 0.2) is 0 Å². The Morgan fingerprint density at radius 3 is 2.52 bits per heavy atom. The van der Waals surface area contributed by atoms with Crippen LogP contribution in [0, 0.1) is 5.92 Å². The summed E-state index contributed by atoms with van der Waals surface area (Å²) in [6.07, 6.45) is -0.155. The first-order valence-corrected chi connectivity index (χ1v) is 7.38. The predicted molar refractivity (Wildman–Crippen MR) is 77.8 cm³/mol. The smallest absolute Gasteiger partial charge is 0.321 e. The first kappa shape index (κ1) is 15.7. The van der Waals surface area contributed by atoms with Gasteiger partial charge in [0.2, 0.25) is 0 Å². The molecule has 0 spiro atoms. The van der Waals surface area contributed by atoms with E-state index in [2.05, 4.69) is 5.32 Å². The van der Waals surface area contributed by atoms with Gasteiger partial charge in [-0.25, -0.2) is 0 Å². The van der Waals surface area contributed by atoms with Crippen LogP contribution in [-0.2, 0) is 9.59 Å². The Balaban J connectivity index is 2.09. The zero-order valence-corrected chi connectivity index (χ0v) is 12.3. The molecule has 0 aliphatic carbocycles. The first-order chi connectivity index (χ1) is 10.0. The van der Waals surface area contributed by atoms with Crippen molar-refractivity contribution in [3.8, 4) is 5.75 Å². The summed E-state index contributed by atoms with van der Waals surface area (Å²) >= 11 is 1.50. The van der Waals surface area contributed by atoms with Gasteiger partial charge in [0.25, 0.3) is 0 Å². The molecule has 0 radical (unpaired) electrons. The minimum Gasteiger partial charge on any atom is -0.497 e. The van der Waals surface area contributed by atoms with Gasteiger partial charge in [-0.05, 0) is 24.3 Å². The quantitative estimate of drug-likeness (QED) is 0.729. The van der Waals surface area contributed by atoms with Crippen LogP contribution in [0.25, 0.3) is 0 Å². The maximum absolute atomic E-state index is 11.2. The molecule has 1 aromatic carbocycles. The van der Waals surface area contributed by atoms with Gasteiger partial charge >= 0.3 is 11.9 Å². The number of nitrogens with one attached hydrogen (secondary N) is 1. The minimum atomic E-state index is -1.00. The molecule has 3 N–H and O–H groups in total. The molecule has 1 fully saturated rings. The van der Waals surface area contributed by atoms with Crippen LogP contribution in [0.2, 0.25) is 0 Å². The summed E-state index contributed by atoms with van der Waals surface area (Å²) in [5.41, 5.74) is 0. The van der Waals surface area contributed by atoms with Crippen molar-refractivity contribution >= 4 is 23.7 Å². The van der Waals surface area contributed by atoms with Gasteiger partial charge in [0.05, 0.1) is 13.5 Å². The predicted octanol–water partition coefficient (Wildman–Crippen LogP) is 1.30. The van der Waals surface area contributed by atoms with Crippen molar-refractivity contribution in [3.05, 3.63) is 24.3 Å². The van der Waals surface area contributed by atoms with E-state index in [4.69, 9.17) is 14.9 Å². The highest BCUT2D eigenvalue weighted by atomic mass is 32.2. The van der Waals surface area contributed by atoms with Crippen LogP contribution in [0.4, 0.5) is 0 Å². The molecular weight excluding hydrogens is 294 g/mol. The summed E-state index contributed by atoms with van der Waals surface area (Å²) < 4.78 is 5.08. The van der Waals surface area contributed by atoms with E-state index >= 15 is 0 Å². The molecule has 1 heterocycles. The standard InChI is InChI=1S/C14H17NO5S/c1-20-8-2-4-9(5-3-8)21-11-7-15-13(14(18)19)10(11)6-12(16)17/h2-5,10-11,13,15H,6-7H2,1H3,(H,16,17)(H,18,19). The summed E-state index contributed by atoms with van der Waals surface area (Å²) in [6, 6.07) is 6.61. The average molecular weight is 311 g/mol. The van der Waals surface area contributed by atoms with E-state index in [1.165, 1.54) is 11.8 Å². The van der Waals surface area contributed by atoms with Crippen molar-refractivity contribution in [1.29, 1.82) is 0 Å². The van der Waals surface area contributed by atoms with Crippen LogP contribution in [0.1, 0.15) is 6.42 Å². The van der Waals surface area contributed by atoms with Crippen LogP contribution in [0.5, 0.6) is 5.75 Å². The lowest BCUT2D eigenvalue weighted by molar-refractivity contribution is -0.141. The second-order valence-corrected chi connectivity index (χ2v) is 6.13. The molecule has 0 aromatic heterocycles. The Labute approximate surface area is 126 Å². The maximum Gasteiger partial charge on any atom is 0.321 e. The third-order valence-corrected chi connectivity index (χ3v) is 4.83. The molecule has 1 aliphatic rings. The Hall–Kier alpha value is -1.73. The molecule has 114 valence electrons. The fourth-order valence-electron chi connectivity index (χ4n) is 2.44. The molecule has 0 bridgehead atoms. The summed E-state index contributed by atoms with van der Waals surface area (Å²) in [5, 5.41) is 21.0. The second-order valence-electron chi connectivity index (χ2n) is 4.82. The van der Waals surface area contributed by atoms with Crippen molar-refractivity contribution in [3.63, 3.8) is 0 Å². The molecule has 6 nitrogen and oxygen atoms in total. The van der Waals surface area contributed by atoms with Crippen molar-refractivity contribution in [2.75, 3.05) is 13.7 Å². The monoisotopic (exact) mass is 311 g/mol. The molecule has 3 unspecified atom stereocenters. The molecule has 1 aliphatic heterocycles. The summed E-state index contributed by atoms with van der Waals surface area (Å²) in [4.78, 5) is 23.1. The zero-order chi connectivity index (χ0) is 15.4. The lowest BCUT2D eigenvalue weighted by Gasteiger charge is -2.19. The second kappa shape index (κ2) is 6.82. The summed E-state index contributed by atoms with van der Waals surface area (Å²) in [5.74, 6) is -1.67. The Morgan fingerprint density at radius 1 is 1.33 bits per heavy atom. The number of ether oxygens (including phenoxy) is 1. The van der Waals surface area contributed by atoms with Crippen molar-refractivity contribution in [2.24, 2.45) is 5.92 Å². The van der Waals surface area contributed by atoms with E-state index in [-0.39, 0.29) is 11.7 Å².